The first-order valence-corrected chi connectivity index (χ1v) is 5.75. The largest absolute Gasteiger partial charge is 0.340 e. The molecule has 0 fully saturated rings. The van der Waals surface area contributed by atoms with E-state index in [2.05, 4.69) is 31.3 Å². The van der Waals surface area contributed by atoms with Crippen molar-refractivity contribution in [2.75, 3.05) is 5.32 Å². The third-order valence-electron chi connectivity index (χ3n) is 2.22. The van der Waals surface area contributed by atoms with Gasteiger partial charge in [-0.15, -0.1) is 6.42 Å². The van der Waals surface area contributed by atoms with E-state index in [0.717, 1.165) is 6.42 Å². The van der Waals surface area contributed by atoms with Crippen molar-refractivity contribution in [3.05, 3.63) is 23.7 Å². The van der Waals surface area contributed by atoms with Gasteiger partial charge in [-0.2, -0.15) is 20.1 Å². The summed E-state index contributed by atoms with van der Waals surface area (Å²) >= 11 is 5.84. The monoisotopic (exact) mass is 262 g/mol. The number of terminal acetylenes is 1. The van der Waals surface area contributed by atoms with Gasteiger partial charge in [0.25, 0.3) is 5.95 Å². The minimum absolute atomic E-state index is 0.0878. The third kappa shape index (κ3) is 2.76. The smallest absolute Gasteiger partial charge is 0.256 e. The lowest BCUT2D eigenvalue weighted by molar-refractivity contribution is 0.782. The molecule has 0 spiro atoms. The second-order valence-electron chi connectivity index (χ2n) is 3.45. The topological polar surface area (TPSA) is 68.5 Å². The fourth-order valence-electron chi connectivity index (χ4n) is 1.31. The van der Waals surface area contributed by atoms with E-state index >= 15 is 0 Å². The Labute approximate surface area is 109 Å². The van der Waals surface area contributed by atoms with Crippen molar-refractivity contribution >= 4 is 17.5 Å². The average molecular weight is 263 g/mol. The van der Waals surface area contributed by atoms with E-state index < -0.39 is 0 Å². The van der Waals surface area contributed by atoms with Crippen LogP contribution in [0.1, 0.15) is 13.3 Å². The number of nitrogens with one attached hydrogen (secondary N) is 1. The summed E-state index contributed by atoms with van der Waals surface area (Å²) < 4.78 is 1.50. The van der Waals surface area contributed by atoms with E-state index in [9.17, 15) is 0 Å². The van der Waals surface area contributed by atoms with Crippen molar-refractivity contribution in [3.8, 4) is 18.3 Å². The van der Waals surface area contributed by atoms with Gasteiger partial charge in [-0.3, -0.25) is 0 Å². The molecule has 7 heteroatoms. The Morgan fingerprint density at radius 3 is 2.94 bits per heavy atom. The van der Waals surface area contributed by atoms with Crippen LogP contribution in [0.15, 0.2) is 18.5 Å². The molecule has 0 aliphatic carbocycles. The lowest BCUT2D eigenvalue weighted by Crippen LogP contribution is -2.19. The Bertz CT molecular complexity index is 559. The van der Waals surface area contributed by atoms with Crippen molar-refractivity contribution in [2.45, 2.75) is 19.4 Å². The second kappa shape index (κ2) is 5.47. The van der Waals surface area contributed by atoms with Gasteiger partial charge >= 0.3 is 0 Å². The Hall–Kier alpha value is -2.13. The van der Waals surface area contributed by atoms with Crippen molar-refractivity contribution in [2.24, 2.45) is 0 Å². The molecule has 2 rings (SSSR count). The maximum atomic E-state index is 5.84. The molecule has 2 aromatic heterocycles. The van der Waals surface area contributed by atoms with Crippen LogP contribution in [0, 0.1) is 12.3 Å². The standard InChI is InChI=1S/C11H11ClN6/c1-3-8(4-2)14-10-15-9(12)16-11(17-10)18-7-5-6-13-18/h1,5-8H,4H2,2H3,(H,14,15,16,17). The van der Waals surface area contributed by atoms with Crippen molar-refractivity contribution in [3.63, 3.8) is 0 Å². The molecule has 0 aliphatic heterocycles. The summed E-state index contributed by atoms with van der Waals surface area (Å²) in [5.41, 5.74) is 0. The lowest BCUT2D eigenvalue weighted by Gasteiger charge is -2.11. The fraction of sp³-hybridized carbons (Fsp3) is 0.273. The molecule has 1 unspecified atom stereocenters. The Kier molecular flexibility index (Phi) is 3.75. The highest BCUT2D eigenvalue weighted by Gasteiger charge is 2.09. The lowest BCUT2D eigenvalue weighted by atomic mass is 10.2. The van der Waals surface area contributed by atoms with Gasteiger partial charge in [0.1, 0.15) is 0 Å². The SMILES string of the molecule is C#CC(CC)Nc1nc(Cl)nc(-n2cccn2)n1. The van der Waals surface area contributed by atoms with Gasteiger partial charge < -0.3 is 5.32 Å². The number of hydrogen-bond donors (Lipinski definition) is 1. The van der Waals surface area contributed by atoms with Crippen LogP contribution >= 0.6 is 11.6 Å². The quantitative estimate of drug-likeness (QED) is 0.847. The van der Waals surface area contributed by atoms with Crippen LogP contribution in [0.25, 0.3) is 5.95 Å². The minimum atomic E-state index is -0.145. The van der Waals surface area contributed by atoms with Crippen LogP contribution in [0.5, 0.6) is 0 Å². The van der Waals surface area contributed by atoms with Crippen LogP contribution in [0.3, 0.4) is 0 Å². The highest BCUT2D eigenvalue weighted by Crippen LogP contribution is 2.10. The molecule has 1 atom stereocenters. The van der Waals surface area contributed by atoms with Gasteiger partial charge in [-0.1, -0.05) is 12.8 Å². The Morgan fingerprint density at radius 2 is 2.33 bits per heavy atom. The molecule has 2 heterocycles. The van der Waals surface area contributed by atoms with Gasteiger partial charge in [0.15, 0.2) is 0 Å². The first-order chi connectivity index (χ1) is 8.72. The molecule has 6 nitrogen and oxygen atoms in total. The number of nitrogens with zero attached hydrogens (tertiary/aromatic N) is 5. The Morgan fingerprint density at radius 1 is 1.50 bits per heavy atom. The number of hydrogen-bond acceptors (Lipinski definition) is 5. The molecule has 0 aliphatic rings. The maximum Gasteiger partial charge on any atom is 0.256 e. The average Bonchev–Trinajstić information content (AvgIpc) is 2.89. The summed E-state index contributed by atoms with van der Waals surface area (Å²) in [6.07, 6.45) is 9.47. The molecule has 0 bridgehead atoms. The first-order valence-electron chi connectivity index (χ1n) is 5.37. The number of halogens is 1. The molecule has 0 saturated carbocycles. The summed E-state index contributed by atoms with van der Waals surface area (Å²) in [4.78, 5) is 12.2. The summed E-state index contributed by atoms with van der Waals surface area (Å²) in [6.45, 7) is 1.97. The zero-order chi connectivity index (χ0) is 13.0. The van der Waals surface area contributed by atoms with E-state index in [1.54, 1.807) is 18.5 Å². The van der Waals surface area contributed by atoms with Gasteiger partial charge in [-0.25, -0.2) is 4.68 Å². The molecule has 0 amide bonds. The van der Waals surface area contributed by atoms with Crippen molar-refractivity contribution < 1.29 is 0 Å². The van der Waals surface area contributed by atoms with Gasteiger partial charge in [0.2, 0.25) is 11.2 Å². The predicted molar refractivity (Wildman–Crippen MR) is 68.5 cm³/mol. The molecule has 1 N–H and O–H groups in total. The van der Waals surface area contributed by atoms with Crippen LogP contribution < -0.4 is 5.32 Å². The summed E-state index contributed by atoms with van der Waals surface area (Å²) in [7, 11) is 0. The zero-order valence-corrected chi connectivity index (χ0v) is 10.5. The molecule has 0 aromatic carbocycles. The molecule has 2 aromatic rings. The van der Waals surface area contributed by atoms with Gasteiger partial charge in [0.05, 0.1) is 6.04 Å². The zero-order valence-electron chi connectivity index (χ0n) is 9.71. The van der Waals surface area contributed by atoms with Crippen LogP contribution in [-0.2, 0) is 0 Å². The first kappa shape index (κ1) is 12.3. The van der Waals surface area contributed by atoms with E-state index in [0.29, 0.717) is 11.9 Å². The van der Waals surface area contributed by atoms with Gasteiger partial charge in [0, 0.05) is 12.4 Å². The molecule has 18 heavy (non-hydrogen) atoms. The Balaban J connectivity index is 2.30. The molecule has 92 valence electrons. The van der Waals surface area contributed by atoms with Crippen molar-refractivity contribution in [1.29, 1.82) is 0 Å². The number of anilines is 1. The fourth-order valence-corrected chi connectivity index (χ4v) is 1.47. The number of aromatic nitrogens is 5. The molecule has 0 radical (unpaired) electrons. The van der Waals surface area contributed by atoms with E-state index in [1.807, 2.05) is 6.92 Å². The normalized spacial score (nSPS) is 11.8. The van der Waals surface area contributed by atoms with Crippen LogP contribution in [-0.4, -0.2) is 30.8 Å². The maximum absolute atomic E-state index is 5.84. The van der Waals surface area contributed by atoms with E-state index in [-0.39, 0.29) is 11.3 Å². The highest BCUT2D eigenvalue weighted by molar-refractivity contribution is 6.28. The molecular weight excluding hydrogens is 252 g/mol. The van der Waals surface area contributed by atoms with Crippen molar-refractivity contribution in [1.82, 2.24) is 24.7 Å². The molecule has 0 saturated heterocycles. The summed E-state index contributed by atoms with van der Waals surface area (Å²) in [5, 5.41) is 7.11. The van der Waals surface area contributed by atoms with Crippen LogP contribution in [0.2, 0.25) is 5.28 Å². The van der Waals surface area contributed by atoms with E-state index in [1.165, 1.54) is 4.68 Å². The minimum Gasteiger partial charge on any atom is -0.340 e. The summed E-state index contributed by atoms with van der Waals surface area (Å²) in [5.74, 6) is 3.28. The number of rotatable bonds is 4. The van der Waals surface area contributed by atoms with Crippen LogP contribution in [0.4, 0.5) is 5.95 Å². The summed E-state index contributed by atoms with van der Waals surface area (Å²) in [6, 6.07) is 1.62. The molecular formula is C11H11ClN6. The predicted octanol–water partition coefficient (Wildman–Crippen LogP) is 1.53. The third-order valence-corrected chi connectivity index (χ3v) is 2.39. The highest BCUT2D eigenvalue weighted by atomic mass is 35.5. The second-order valence-corrected chi connectivity index (χ2v) is 3.79. The van der Waals surface area contributed by atoms with Gasteiger partial charge in [-0.05, 0) is 24.1 Å². The van der Waals surface area contributed by atoms with E-state index in [4.69, 9.17) is 18.0 Å².